The van der Waals surface area contributed by atoms with Crippen molar-refractivity contribution in [1.29, 1.82) is 10.5 Å². The molecule has 0 fully saturated rings. The molecular formula is C48H30N4O2. The summed E-state index contributed by atoms with van der Waals surface area (Å²) >= 11 is 0. The maximum Gasteiger partial charge on any atom is 0.136 e. The van der Waals surface area contributed by atoms with Crippen LogP contribution in [0.1, 0.15) is 36.1 Å². The lowest BCUT2D eigenvalue weighted by atomic mass is 9.90. The molecule has 0 unspecified atom stereocenters. The summed E-state index contributed by atoms with van der Waals surface area (Å²) in [5, 5.41) is 30.8. The molecule has 6 nitrogen and oxygen atoms in total. The number of aromatic nitrogens is 2. The topological polar surface area (TPSA) is 83.7 Å². The Morgan fingerprint density at radius 3 is 1.26 bits per heavy atom. The van der Waals surface area contributed by atoms with Crippen LogP contribution in [0, 0.1) is 22.7 Å². The van der Waals surface area contributed by atoms with Gasteiger partial charge in [-0.25, -0.2) is 0 Å². The Hall–Kier alpha value is -7.28. The minimum absolute atomic E-state index is 0.511. The highest BCUT2D eigenvalue weighted by molar-refractivity contribution is 6.29. The molecule has 4 aromatic heterocycles. The lowest BCUT2D eigenvalue weighted by molar-refractivity contribution is 0.669. The summed E-state index contributed by atoms with van der Waals surface area (Å²) in [6.07, 6.45) is 1.09. The van der Waals surface area contributed by atoms with Gasteiger partial charge in [0.15, 0.2) is 0 Å². The number of nitrogens with zero attached hydrogens (tertiary/aromatic N) is 4. The Balaban J connectivity index is 1.36. The number of hydrogen-bond donors (Lipinski definition) is 0. The predicted molar refractivity (Wildman–Crippen MR) is 218 cm³/mol. The first-order valence-corrected chi connectivity index (χ1v) is 18.4. The van der Waals surface area contributed by atoms with Crippen LogP contribution in [0.5, 0.6) is 0 Å². The van der Waals surface area contributed by atoms with Crippen LogP contribution in [0.2, 0.25) is 0 Å². The quantitative estimate of drug-likeness (QED) is 0.184. The van der Waals surface area contributed by atoms with E-state index in [1.165, 1.54) is 0 Å². The van der Waals surface area contributed by atoms with E-state index in [1.54, 1.807) is 0 Å². The van der Waals surface area contributed by atoms with Gasteiger partial charge in [0.25, 0.3) is 0 Å². The van der Waals surface area contributed by atoms with E-state index >= 15 is 0 Å². The van der Waals surface area contributed by atoms with Gasteiger partial charge in [-0.1, -0.05) is 86.6 Å². The third-order valence-corrected chi connectivity index (χ3v) is 11.4. The monoisotopic (exact) mass is 694 g/mol. The number of furan rings is 2. The minimum Gasteiger partial charge on any atom is -0.456 e. The van der Waals surface area contributed by atoms with Crippen LogP contribution in [0.3, 0.4) is 0 Å². The fourth-order valence-corrected chi connectivity index (χ4v) is 9.28. The minimum atomic E-state index is 0.511. The van der Waals surface area contributed by atoms with E-state index < -0.39 is 0 Å². The molecule has 0 saturated carbocycles. The van der Waals surface area contributed by atoms with Gasteiger partial charge in [0.2, 0.25) is 0 Å². The van der Waals surface area contributed by atoms with E-state index in [2.05, 4.69) is 101 Å². The zero-order chi connectivity index (χ0) is 36.2. The molecule has 0 aliphatic carbocycles. The average molecular weight is 695 g/mol. The number of rotatable bonds is 4. The van der Waals surface area contributed by atoms with Crippen molar-refractivity contribution in [2.75, 3.05) is 0 Å². The second-order valence-corrected chi connectivity index (χ2v) is 13.9. The fraction of sp³-hybridized carbons (Fsp3) is 0.0833. The highest BCUT2D eigenvalue weighted by Gasteiger charge is 2.30. The van der Waals surface area contributed by atoms with E-state index in [4.69, 9.17) is 8.83 Å². The van der Waals surface area contributed by atoms with E-state index in [0.717, 1.165) is 110 Å². The largest absolute Gasteiger partial charge is 0.456 e. The van der Waals surface area contributed by atoms with Crippen LogP contribution in [0.4, 0.5) is 0 Å². The van der Waals surface area contributed by atoms with Crippen molar-refractivity contribution in [2.24, 2.45) is 0 Å². The molecule has 11 rings (SSSR count). The maximum atomic E-state index is 11.1. The summed E-state index contributed by atoms with van der Waals surface area (Å²) in [4.78, 5) is 0. The van der Waals surface area contributed by atoms with Crippen molar-refractivity contribution in [3.63, 3.8) is 0 Å². The molecule has 0 spiro atoms. The Bertz CT molecular complexity index is 3270. The molecule has 0 bridgehead atoms. The van der Waals surface area contributed by atoms with E-state index in [-0.39, 0.29) is 0 Å². The average Bonchev–Trinajstić information content (AvgIpc) is 3.96. The molecule has 0 aliphatic heterocycles. The van der Waals surface area contributed by atoms with Gasteiger partial charge in [0.1, 0.15) is 34.5 Å². The molecular weight excluding hydrogens is 665 g/mol. The molecule has 6 heteroatoms. The van der Waals surface area contributed by atoms with Gasteiger partial charge >= 0.3 is 0 Å². The molecule has 0 N–H and O–H groups in total. The van der Waals surface area contributed by atoms with E-state index in [9.17, 15) is 10.5 Å². The summed E-state index contributed by atoms with van der Waals surface area (Å²) < 4.78 is 17.3. The summed E-state index contributed by atoms with van der Waals surface area (Å²) in [5.41, 5.74) is 11.6. The summed E-state index contributed by atoms with van der Waals surface area (Å²) in [7, 11) is 0. The Kier molecular flexibility index (Phi) is 6.25. The van der Waals surface area contributed by atoms with Crippen molar-refractivity contribution in [1.82, 2.24) is 9.13 Å². The lowest BCUT2D eigenvalue weighted by Gasteiger charge is -2.24. The second kappa shape index (κ2) is 11.1. The predicted octanol–water partition coefficient (Wildman–Crippen LogP) is 12.5. The summed E-state index contributed by atoms with van der Waals surface area (Å²) in [5.74, 6) is 0. The Labute approximate surface area is 308 Å². The van der Waals surface area contributed by atoms with Gasteiger partial charge in [-0.05, 0) is 66.9 Å². The van der Waals surface area contributed by atoms with Crippen LogP contribution in [-0.4, -0.2) is 9.13 Å². The van der Waals surface area contributed by atoms with Crippen molar-refractivity contribution >= 4 is 87.5 Å². The number of para-hydroxylation sites is 4. The Morgan fingerprint density at radius 2 is 0.833 bits per heavy atom. The highest BCUT2D eigenvalue weighted by atomic mass is 16.3. The van der Waals surface area contributed by atoms with Gasteiger partial charge in [0, 0.05) is 48.7 Å². The van der Waals surface area contributed by atoms with Gasteiger partial charge in [-0.3, -0.25) is 0 Å². The molecule has 0 radical (unpaired) electrons. The van der Waals surface area contributed by atoms with Crippen LogP contribution in [0.25, 0.3) is 98.9 Å². The Morgan fingerprint density at radius 1 is 0.426 bits per heavy atom. The summed E-state index contributed by atoms with van der Waals surface area (Å²) in [6, 6.07) is 46.7. The molecule has 54 heavy (non-hydrogen) atoms. The van der Waals surface area contributed by atoms with Crippen molar-refractivity contribution in [2.45, 2.75) is 26.7 Å². The fourth-order valence-electron chi connectivity index (χ4n) is 9.28. The molecule has 0 amide bonds. The zero-order valence-corrected chi connectivity index (χ0v) is 29.6. The first-order chi connectivity index (χ1) is 26.7. The van der Waals surface area contributed by atoms with E-state index in [1.807, 2.05) is 55.5 Å². The maximum absolute atomic E-state index is 11.1. The summed E-state index contributed by atoms with van der Waals surface area (Å²) in [6.45, 7) is 4.16. The van der Waals surface area contributed by atoms with Crippen LogP contribution in [0.15, 0.2) is 130 Å². The van der Waals surface area contributed by atoms with Gasteiger partial charge in [-0.2, -0.15) is 10.5 Å². The van der Waals surface area contributed by atoms with Crippen LogP contribution >= 0.6 is 0 Å². The molecule has 0 atom stereocenters. The first kappa shape index (κ1) is 30.4. The van der Waals surface area contributed by atoms with Gasteiger partial charge in [-0.15, -0.1) is 0 Å². The molecule has 0 saturated heterocycles. The van der Waals surface area contributed by atoms with Crippen molar-refractivity contribution in [3.8, 4) is 23.5 Å². The van der Waals surface area contributed by atoms with Crippen LogP contribution < -0.4 is 0 Å². The number of fused-ring (bicyclic) bond motifs is 14. The smallest absolute Gasteiger partial charge is 0.136 e. The number of hydrogen-bond acceptors (Lipinski definition) is 4. The molecule has 0 aliphatic rings. The van der Waals surface area contributed by atoms with Crippen molar-refractivity contribution < 1.29 is 8.83 Å². The third-order valence-electron chi connectivity index (χ3n) is 11.4. The third kappa shape index (κ3) is 3.76. The second-order valence-electron chi connectivity index (χ2n) is 13.9. The van der Waals surface area contributed by atoms with Gasteiger partial charge in [0.05, 0.1) is 44.6 Å². The normalized spacial score (nSPS) is 12.0. The highest BCUT2D eigenvalue weighted by Crippen LogP contribution is 2.47. The number of nitriles is 2. The number of benzene rings is 7. The van der Waals surface area contributed by atoms with Crippen molar-refractivity contribution in [3.05, 3.63) is 144 Å². The molecule has 4 heterocycles. The molecule has 7 aromatic carbocycles. The lowest BCUT2D eigenvalue weighted by Crippen LogP contribution is -2.13. The molecule has 11 aromatic rings. The SMILES string of the molecule is CCc1c(C#N)c(-n2c3ccccc3c3c4c(ccc32)oc2ccccc24)c(CC)c(-n2c3ccccc3c3c4c(ccc32)oc2ccccc24)c1C#N. The molecule has 254 valence electrons. The first-order valence-electron chi connectivity index (χ1n) is 18.4. The standard InChI is InChI=1S/C48H30N4O2/c1-3-27-33(25-49)47(51-35-17-9-5-13-29(35)43-37(51)21-23-41-45(43)31-15-7-11-19-39(31)53-41)28(4-2)48(34(27)26-50)52-36-18-10-6-14-30(36)44-38(52)22-24-42-46(44)32-16-8-12-20-40(32)54-42/h5-24H,3-4H2,1-2H3. The van der Waals surface area contributed by atoms with Gasteiger partial charge < -0.3 is 18.0 Å². The van der Waals surface area contributed by atoms with Crippen LogP contribution in [-0.2, 0) is 12.8 Å². The van der Waals surface area contributed by atoms with E-state index in [0.29, 0.717) is 24.0 Å². The zero-order valence-electron chi connectivity index (χ0n) is 29.6.